The molecule has 1 aromatic heterocycles. The molecule has 0 fully saturated rings. The number of ether oxygens (including phenoxy) is 2. The van der Waals surface area contributed by atoms with Crippen LogP contribution in [0.1, 0.15) is 5.56 Å². The van der Waals surface area contributed by atoms with Crippen molar-refractivity contribution in [2.24, 2.45) is 0 Å². The van der Waals surface area contributed by atoms with Gasteiger partial charge in [-0.3, -0.25) is 0 Å². The Labute approximate surface area is 141 Å². The summed E-state index contributed by atoms with van der Waals surface area (Å²) in [6.45, 7) is 2.32. The fourth-order valence-corrected chi connectivity index (χ4v) is 2.29. The van der Waals surface area contributed by atoms with Crippen molar-refractivity contribution >= 4 is 0 Å². The molecule has 1 heterocycles. The molecule has 5 nitrogen and oxygen atoms in total. The van der Waals surface area contributed by atoms with Crippen molar-refractivity contribution < 1.29 is 14.6 Å². The smallest absolute Gasteiger partial charge is 0.122 e. The van der Waals surface area contributed by atoms with Crippen LogP contribution in [-0.2, 0) is 0 Å². The van der Waals surface area contributed by atoms with Crippen molar-refractivity contribution in [1.82, 2.24) is 9.55 Å². The number of hydrogen-bond donors (Lipinski definition) is 1. The van der Waals surface area contributed by atoms with Crippen LogP contribution in [0.4, 0.5) is 0 Å². The maximum atomic E-state index is 10.1. The molecular formula is C19H20N2O3. The number of aryl methyl sites for hydroxylation is 1. The van der Waals surface area contributed by atoms with Crippen molar-refractivity contribution in [3.05, 3.63) is 72.8 Å². The van der Waals surface area contributed by atoms with Crippen LogP contribution in [0.25, 0.3) is 5.69 Å². The van der Waals surface area contributed by atoms with Crippen LogP contribution in [-0.4, -0.2) is 34.0 Å². The van der Waals surface area contributed by atoms with Gasteiger partial charge in [-0.1, -0.05) is 24.3 Å². The van der Waals surface area contributed by atoms with Crippen LogP contribution >= 0.6 is 0 Å². The first-order chi connectivity index (χ1) is 11.7. The number of benzene rings is 2. The molecule has 0 aliphatic carbocycles. The fourth-order valence-electron chi connectivity index (χ4n) is 2.29. The van der Waals surface area contributed by atoms with E-state index in [0.717, 1.165) is 17.0 Å². The zero-order valence-electron chi connectivity index (χ0n) is 13.5. The number of aliphatic hydroxyl groups is 1. The monoisotopic (exact) mass is 324 g/mol. The third kappa shape index (κ3) is 4.14. The van der Waals surface area contributed by atoms with Crippen LogP contribution < -0.4 is 9.47 Å². The highest BCUT2D eigenvalue weighted by Crippen LogP contribution is 2.18. The fraction of sp³-hybridized carbons (Fsp3) is 0.211. The molecule has 1 unspecified atom stereocenters. The van der Waals surface area contributed by atoms with Crippen LogP contribution in [0.15, 0.2) is 67.3 Å². The maximum Gasteiger partial charge on any atom is 0.122 e. The van der Waals surface area contributed by atoms with E-state index in [1.807, 2.05) is 66.2 Å². The third-order valence-corrected chi connectivity index (χ3v) is 3.59. The summed E-state index contributed by atoms with van der Waals surface area (Å²) >= 11 is 0. The van der Waals surface area contributed by atoms with Gasteiger partial charge in [0.05, 0.1) is 12.0 Å². The summed E-state index contributed by atoms with van der Waals surface area (Å²) < 4.78 is 13.2. The van der Waals surface area contributed by atoms with E-state index >= 15 is 0 Å². The van der Waals surface area contributed by atoms with Crippen molar-refractivity contribution in [2.45, 2.75) is 13.0 Å². The Balaban J connectivity index is 1.52. The van der Waals surface area contributed by atoms with E-state index in [1.54, 1.807) is 12.5 Å². The zero-order valence-corrected chi connectivity index (χ0v) is 13.5. The minimum Gasteiger partial charge on any atom is -0.491 e. The Morgan fingerprint density at radius 1 is 1.08 bits per heavy atom. The topological polar surface area (TPSA) is 56.5 Å². The van der Waals surface area contributed by atoms with E-state index in [-0.39, 0.29) is 13.2 Å². The van der Waals surface area contributed by atoms with Crippen molar-refractivity contribution in [1.29, 1.82) is 0 Å². The van der Waals surface area contributed by atoms with Gasteiger partial charge in [0.2, 0.25) is 0 Å². The Kier molecular flexibility index (Phi) is 5.13. The summed E-state index contributed by atoms with van der Waals surface area (Å²) in [5.41, 5.74) is 1.99. The minimum atomic E-state index is -0.707. The lowest BCUT2D eigenvalue weighted by atomic mass is 10.2. The average Bonchev–Trinajstić information content (AvgIpc) is 3.14. The van der Waals surface area contributed by atoms with Gasteiger partial charge in [0.25, 0.3) is 0 Å². The van der Waals surface area contributed by atoms with E-state index in [1.165, 1.54) is 0 Å². The van der Waals surface area contributed by atoms with Crippen LogP contribution in [0.5, 0.6) is 11.5 Å². The standard InChI is InChI=1S/C19H20N2O3/c1-15-5-2-3-8-19(15)24-13-17(22)12-23-18-7-4-6-16(11-18)21-10-9-20-14-21/h2-11,14,17,22H,12-13H2,1H3. The number of aliphatic hydroxyl groups excluding tert-OH is 1. The molecule has 24 heavy (non-hydrogen) atoms. The van der Waals surface area contributed by atoms with Gasteiger partial charge in [-0.2, -0.15) is 0 Å². The van der Waals surface area contributed by atoms with Gasteiger partial charge in [-0.25, -0.2) is 4.98 Å². The maximum absolute atomic E-state index is 10.1. The van der Waals surface area contributed by atoms with Crippen molar-refractivity contribution in [3.8, 4) is 17.2 Å². The van der Waals surface area contributed by atoms with Gasteiger partial charge in [-0.05, 0) is 30.7 Å². The number of rotatable bonds is 7. The summed E-state index contributed by atoms with van der Waals surface area (Å²) in [5.74, 6) is 1.47. The minimum absolute atomic E-state index is 0.166. The lowest BCUT2D eigenvalue weighted by Crippen LogP contribution is -2.25. The number of imidazole rings is 1. The highest BCUT2D eigenvalue weighted by atomic mass is 16.5. The summed E-state index contributed by atoms with van der Waals surface area (Å²) in [5, 5.41) is 10.1. The Bertz CT molecular complexity index is 772. The predicted octanol–water partition coefficient (Wildman–Crippen LogP) is 3.00. The molecule has 0 saturated carbocycles. The molecule has 5 heteroatoms. The van der Waals surface area contributed by atoms with Crippen LogP contribution in [0.3, 0.4) is 0 Å². The number of nitrogens with zero attached hydrogens (tertiary/aromatic N) is 2. The van der Waals surface area contributed by atoms with Gasteiger partial charge >= 0.3 is 0 Å². The van der Waals surface area contributed by atoms with Gasteiger partial charge < -0.3 is 19.1 Å². The SMILES string of the molecule is Cc1ccccc1OCC(O)COc1cccc(-n2ccnc2)c1. The van der Waals surface area contributed by atoms with E-state index in [2.05, 4.69) is 4.98 Å². The summed E-state index contributed by atoms with van der Waals surface area (Å²) in [4.78, 5) is 4.03. The molecule has 0 bridgehead atoms. The van der Waals surface area contributed by atoms with Gasteiger partial charge in [0.1, 0.15) is 30.8 Å². The first kappa shape index (κ1) is 16.1. The normalized spacial score (nSPS) is 11.9. The molecule has 1 N–H and O–H groups in total. The number of aromatic nitrogens is 2. The van der Waals surface area contributed by atoms with E-state index in [4.69, 9.17) is 9.47 Å². The molecule has 0 radical (unpaired) electrons. The zero-order chi connectivity index (χ0) is 16.8. The van der Waals surface area contributed by atoms with Crippen molar-refractivity contribution in [2.75, 3.05) is 13.2 Å². The average molecular weight is 324 g/mol. The highest BCUT2D eigenvalue weighted by molar-refractivity contribution is 5.39. The molecule has 0 aliphatic rings. The summed E-state index contributed by atoms with van der Waals surface area (Å²) in [6, 6.07) is 15.3. The summed E-state index contributed by atoms with van der Waals surface area (Å²) in [7, 11) is 0. The Hall–Kier alpha value is -2.79. The first-order valence-corrected chi connectivity index (χ1v) is 7.80. The molecule has 0 aliphatic heterocycles. The molecule has 1 atom stereocenters. The third-order valence-electron chi connectivity index (χ3n) is 3.59. The summed E-state index contributed by atoms with van der Waals surface area (Å²) in [6.07, 6.45) is 4.61. The molecule has 3 aromatic rings. The van der Waals surface area contributed by atoms with E-state index in [9.17, 15) is 5.11 Å². The molecule has 2 aromatic carbocycles. The first-order valence-electron chi connectivity index (χ1n) is 7.80. The van der Waals surface area contributed by atoms with Gasteiger partial charge in [0, 0.05) is 18.5 Å². The van der Waals surface area contributed by atoms with Crippen molar-refractivity contribution in [3.63, 3.8) is 0 Å². The largest absolute Gasteiger partial charge is 0.491 e. The lowest BCUT2D eigenvalue weighted by molar-refractivity contribution is 0.0624. The molecular weight excluding hydrogens is 304 g/mol. The second kappa shape index (κ2) is 7.66. The molecule has 0 saturated heterocycles. The second-order valence-corrected chi connectivity index (χ2v) is 5.51. The van der Waals surface area contributed by atoms with Gasteiger partial charge in [-0.15, -0.1) is 0 Å². The predicted molar refractivity (Wildman–Crippen MR) is 91.7 cm³/mol. The highest BCUT2D eigenvalue weighted by Gasteiger charge is 2.08. The van der Waals surface area contributed by atoms with Crippen LogP contribution in [0, 0.1) is 6.92 Å². The molecule has 124 valence electrons. The number of para-hydroxylation sites is 1. The Morgan fingerprint density at radius 2 is 1.92 bits per heavy atom. The lowest BCUT2D eigenvalue weighted by Gasteiger charge is -2.15. The second-order valence-electron chi connectivity index (χ2n) is 5.51. The Morgan fingerprint density at radius 3 is 2.71 bits per heavy atom. The molecule has 0 spiro atoms. The molecule has 0 amide bonds. The number of hydrogen-bond acceptors (Lipinski definition) is 4. The molecule has 3 rings (SSSR count). The van der Waals surface area contributed by atoms with E-state index < -0.39 is 6.10 Å². The van der Waals surface area contributed by atoms with E-state index in [0.29, 0.717) is 5.75 Å². The quantitative estimate of drug-likeness (QED) is 0.726. The van der Waals surface area contributed by atoms with Crippen LogP contribution in [0.2, 0.25) is 0 Å². The van der Waals surface area contributed by atoms with Gasteiger partial charge in [0.15, 0.2) is 0 Å².